The first-order valence-electron chi connectivity index (χ1n) is 8.72. The van der Waals surface area contributed by atoms with Gasteiger partial charge in [-0.3, -0.25) is 9.78 Å². The number of nitrogens with zero attached hydrogens (tertiary/aromatic N) is 4. The van der Waals surface area contributed by atoms with Crippen LogP contribution in [-0.4, -0.2) is 38.8 Å². The van der Waals surface area contributed by atoms with Gasteiger partial charge in [0.15, 0.2) is 0 Å². The number of nitrogens with two attached hydrogens (primary N) is 1. The zero-order chi connectivity index (χ0) is 19.9. The quantitative estimate of drug-likeness (QED) is 0.695. The molecule has 0 aliphatic carbocycles. The van der Waals surface area contributed by atoms with E-state index in [1.54, 1.807) is 4.90 Å². The first-order valence-corrected chi connectivity index (χ1v) is 9.54. The summed E-state index contributed by atoms with van der Waals surface area (Å²) in [5.41, 5.74) is 6.27. The fraction of sp³-hybridized carbons (Fsp3) is 0.333. The SMILES string of the molecule is Nc1c(C(=O)N2CCCCC2)sc2nc(-c3ccnc(C(F)(F)F)c3)cnc12. The Hall–Kier alpha value is -2.75. The summed E-state index contributed by atoms with van der Waals surface area (Å²) in [7, 11) is 0. The molecule has 1 fully saturated rings. The maximum absolute atomic E-state index is 12.9. The summed E-state index contributed by atoms with van der Waals surface area (Å²) < 4.78 is 38.7. The van der Waals surface area contributed by atoms with Crippen LogP contribution in [0.25, 0.3) is 21.6 Å². The van der Waals surface area contributed by atoms with E-state index in [1.807, 2.05) is 0 Å². The number of hydrogen-bond acceptors (Lipinski definition) is 6. The molecule has 0 spiro atoms. The highest BCUT2D eigenvalue weighted by atomic mass is 32.1. The van der Waals surface area contributed by atoms with Gasteiger partial charge in [-0.05, 0) is 31.4 Å². The molecule has 0 radical (unpaired) electrons. The van der Waals surface area contributed by atoms with E-state index in [1.165, 1.54) is 12.3 Å². The molecule has 1 aliphatic rings. The molecule has 3 aromatic rings. The number of nitrogen functional groups attached to an aromatic ring is 1. The molecule has 10 heteroatoms. The molecule has 4 heterocycles. The number of aromatic nitrogens is 3. The Balaban J connectivity index is 1.71. The Morgan fingerprint density at radius 3 is 2.64 bits per heavy atom. The number of fused-ring (bicyclic) bond motifs is 1. The number of amides is 1. The summed E-state index contributed by atoms with van der Waals surface area (Å²) in [6.07, 6.45) is 0.911. The summed E-state index contributed by atoms with van der Waals surface area (Å²) in [5, 5.41) is 0. The van der Waals surface area contributed by atoms with Crippen molar-refractivity contribution in [3.8, 4) is 11.3 Å². The number of hydrogen-bond donors (Lipinski definition) is 1. The fourth-order valence-electron chi connectivity index (χ4n) is 3.17. The Morgan fingerprint density at radius 2 is 1.93 bits per heavy atom. The van der Waals surface area contributed by atoms with Crippen molar-refractivity contribution in [1.29, 1.82) is 0 Å². The molecule has 0 bridgehead atoms. The average Bonchev–Trinajstić information content (AvgIpc) is 3.03. The van der Waals surface area contributed by atoms with E-state index >= 15 is 0 Å². The van der Waals surface area contributed by atoms with Gasteiger partial charge in [0.05, 0.1) is 17.6 Å². The molecule has 1 amide bonds. The predicted octanol–water partition coefficient (Wildman–Crippen LogP) is 3.98. The van der Waals surface area contributed by atoms with Gasteiger partial charge in [-0.15, -0.1) is 11.3 Å². The van der Waals surface area contributed by atoms with Crippen LogP contribution in [0, 0.1) is 0 Å². The van der Waals surface area contributed by atoms with Crippen LogP contribution in [0.4, 0.5) is 18.9 Å². The molecule has 2 N–H and O–H groups in total. The van der Waals surface area contributed by atoms with E-state index in [9.17, 15) is 18.0 Å². The molecule has 146 valence electrons. The van der Waals surface area contributed by atoms with Crippen LogP contribution in [0.5, 0.6) is 0 Å². The normalized spacial score (nSPS) is 15.2. The number of carbonyl (C=O) groups excluding carboxylic acids is 1. The van der Waals surface area contributed by atoms with E-state index in [0.29, 0.717) is 28.3 Å². The number of anilines is 1. The lowest BCUT2D eigenvalue weighted by Gasteiger charge is -2.26. The molecular formula is C18H16F3N5OS. The lowest BCUT2D eigenvalue weighted by molar-refractivity contribution is -0.141. The number of rotatable bonds is 2. The van der Waals surface area contributed by atoms with Gasteiger partial charge in [0, 0.05) is 24.8 Å². The van der Waals surface area contributed by atoms with Crippen molar-refractivity contribution in [2.75, 3.05) is 18.8 Å². The topological polar surface area (TPSA) is 85.0 Å². The second-order valence-electron chi connectivity index (χ2n) is 6.53. The third-order valence-electron chi connectivity index (χ3n) is 4.62. The summed E-state index contributed by atoms with van der Waals surface area (Å²) in [6.45, 7) is 1.38. The largest absolute Gasteiger partial charge is 0.433 e. The minimum Gasteiger partial charge on any atom is -0.396 e. The number of likely N-dealkylation sites (tertiary alicyclic amines) is 1. The van der Waals surface area contributed by atoms with E-state index in [-0.39, 0.29) is 22.9 Å². The highest BCUT2D eigenvalue weighted by molar-refractivity contribution is 7.21. The van der Waals surface area contributed by atoms with Crippen molar-refractivity contribution >= 4 is 33.3 Å². The van der Waals surface area contributed by atoms with Gasteiger partial charge < -0.3 is 10.6 Å². The molecule has 28 heavy (non-hydrogen) atoms. The van der Waals surface area contributed by atoms with Crippen molar-refractivity contribution in [2.45, 2.75) is 25.4 Å². The van der Waals surface area contributed by atoms with Crippen LogP contribution in [0.15, 0.2) is 24.5 Å². The minimum absolute atomic E-state index is 0.146. The van der Waals surface area contributed by atoms with Crippen LogP contribution in [0.3, 0.4) is 0 Å². The molecule has 0 saturated carbocycles. The number of thiophene rings is 1. The van der Waals surface area contributed by atoms with E-state index in [0.717, 1.165) is 42.9 Å². The molecular weight excluding hydrogens is 391 g/mol. The maximum atomic E-state index is 12.9. The number of piperidine rings is 1. The molecule has 0 aromatic carbocycles. The van der Waals surface area contributed by atoms with Crippen molar-refractivity contribution in [1.82, 2.24) is 19.9 Å². The number of pyridine rings is 1. The minimum atomic E-state index is -4.55. The van der Waals surface area contributed by atoms with E-state index in [4.69, 9.17) is 5.73 Å². The van der Waals surface area contributed by atoms with Gasteiger partial charge >= 0.3 is 6.18 Å². The lowest BCUT2D eigenvalue weighted by atomic mass is 10.1. The van der Waals surface area contributed by atoms with Gasteiger partial charge in [0.1, 0.15) is 20.9 Å². The van der Waals surface area contributed by atoms with Gasteiger partial charge in [-0.2, -0.15) is 13.2 Å². The lowest BCUT2D eigenvalue weighted by Crippen LogP contribution is -2.35. The van der Waals surface area contributed by atoms with E-state index in [2.05, 4.69) is 15.0 Å². The van der Waals surface area contributed by atoms with Crippen LogP contribution in [-0.2, 0) is 6.18 Å². The molecule has 1 saturated heterocycles. The third kappa shape index (κ3) is 3.39. The van der Waals surface area contributed by atoms with Crippen molar-refractivity contribution in [2.24, 2.45) is 0 Å². The summed E-state index contributed by atoms with van der Waals surface area (Å²) in [6, 6.07) is 2.36. The Morgan fingerprint density at radius 1 is 1.18 bits per heavy atom. The standard InChI is InChI=1S/C18H16F3N5OS/c19-18(20,21)12-8-10(4-5-23-12)11-9-24-14-13(22)15(28-16(14)25-11)17(27)26-6-2-1-3-7-26/h4-5,8-9H,1-3,6-7,22H2. The number of carbonyl (C=O) groups is 1. The second-order valence-corrected chi connectivity index (χ2v) is 7.53. The Bertz CT molecular complexity index is 1040. The predicted molar refractivity (Wildman–Crippen MR) is 99.8 cm³/mol. The van der Waals surface area contributed by atoms with Gasteiger partial charge in [0.25, 0.3) is 5.91 Å². The van der Waals surface area contributed by atoms with Crippen molar-refractivity contribution in [3.63, 3.8) is 0 Å². The highest BCUT2D eigenvalue weighted by Gasteiger charge is 2.32. The second kappa shape index (κ2) is 7.01. The van der Waals surface area contributed by atoms with Crippen LogP contribution in [0.1, 0.15) is 34.6 Å². The molecule has 0 unspecified atom stereocenters. The third-order valence-corrected chi connectivity index (χ3v) is 5.70. The van der Waals surface area contributed by atoms with E-state index < -0.39 is 11.9 Å². The van der Waals surface area contributed by atoms with Crippen LogP contribution >= 0.6 is 11.3 Å². The molecule has 0 atom stereocenters. The Kier molecular flexibility index (Phi) is 4.66. The van der Waals surface area contributed by atoms with Gasteiger partial charge in [-0.1, -0.05) is 0 Å². The monoisotopic (exact) mass is 407 g/mol. The van der Waals surface area contributed by atoms with Crippen LogP contribution in [0.2, 0.25) is 0 Å². The fourth-order valence-corrected chi connectivity index (χ4v) is 4.19. The zero-order valence-corrected chi connectivity index (χ0v) is 15.5. The summed E-state index contributed by atoms with van der Waals surface area (Å²) in [4.78, 5) is 27.3. The maximum Gasteiger partial charge on any atom is 0.433 e. The highest BCUT2D eigenvalue weighted by Crippen LogP contribution is 2.35. The van der Waals surface area contributed by atoms with Gasteiger partial charge in [-0.25, -0.2) is 9.97 Å². The van der Waals surface area contributed by atoms with Crippen LogP contribution < -0.4 is 5.73 Å². The molecule has 3 aromatic heterocycles. The molecule has 6 nitrogen and oxygen atoms in total. The first-order chi connectivity index (χ1) is 13.3. The molecule has 4 rings (SSSR count). The van der Waals surface area contributed by atoms with Crippen molar-refractivity contribution < 1.29 is 18.0 Å². The molecule has 1 aliphatic heterocycles. The smallest absolute Gasteiger partial charge is 0.396 e. The van der Waals surface area contributed by atoms with Gasteiger partial charge in [0.2, 0.25) is 0 Å². The number of halogens is 3. The summed E-state index contributed by atoms with van der Waals surface area (Å²) >= 11 is 1.12. The zero-order valence-electron chi connectivity index (χ0n) is 14.7. The number of alkyl halides is 3. The van der Waals surface area contributed by atoms with Crippen molar-refractivity contribution in [3.05, 3.63) is 35.1 Å². The summed E-state index contributed by atoms with van der Waals surface area (Å²) in [5.74, 6) is -0.146. The average molecular weight is 407 g/mol. The first kappa shape index (κ1) is 18.6. The Labute approximate surface area is 162 Å².